The zero-order chi connectivity index (χ0) is 36.2. The summed E-state index contributed by atoms with van der Waals surface area (Å²) in [6, 6.07) is 9.41. The number of hydrogen-bond acceptors (Lipinski definition) is 12. The van der Waals surface area contributed by atoms with Crippen molar-refractivity contribution in [3.63, 3.8) is 0 Å². The van der Waals surface area contributed by atoms with Crippen LogP contribution >= 0.6 is 0 Å². The minimum Gasteiger partial charge on any atom is -0.507 e. The van der Waals surface area contributed by atoms with Gasteiger partial charge in [-0.1, -0.05) is 30.3 Å². The van der Waals surface area contributed by atoms with Gasteiger partial charge in [0, 0.05) is 18.4 Å². The van der Waals surface area contributed by atoms with Crippen LogP contribution in [0.5, 0.6) is 5.75 Å². The zero-order valence-electron chi connectivity index (χ0n) is 28.3. The number of benzene rings is 2. The summed E-state index contributed by atoms with van der Waals surface area (Å²) in [5.74, 6) is -9.84. The van der Waals surface area contributed by atoms with Gasteiger partial charge >= 0.3 is 5.97 Å². The number of nitrogens with two attached hydrogens (primary N) is 1. The number of aliphatic hydroxyl groups is 2. The summed E-state index contributed by atoms with van der Waals surface area (Å²) in [6.45, 7) is 1.56. The molecule has 4 aliphatic rings. The Balaban J connectivity index is 1.24. The van der Waals surface area contributed by atoms with Gasteiger partial charge in [-0.2, -0.15) is 0 Å². The van der Waals surface area contributed by atoms with E-state index in [0.717, 1.165) is 11.1 Å². The van der Waals surface area contributed by atoms with Crippen LogP contribution in [0.1, 0.15) is 40.7 Å². The predicted molar refractivity (Wildman–Crippen MR) is 178 cm³/mol. The number of carbonyl (C=O) groups excluding carboxylic acids is 6. The standard InChI is InChI=1S/C37H43N3O10/c1-39(2)30-25-16-21-15-24-23(19-6-4-18(5-7-19)14-22(41)17-40-12-10-20(11-13-40)36(48)50-3)8-9-26(42)28(24)31(43)27(21)33(45)37(25,49)34(46)29(32(30)44)35(38)47/h4-9,20-21,25,27,29-30,32,42,44,49H,10-17H2,1-3H3,(H2,38,47)/t21-,25-,27?,29?,30?,32?,37-/m1/s1. The number of likely N-dealkylation sites (tertiary alicyclic amines) is 1. The summed E-state index contributed by atoms with van der Waals surface area (Å²) >= 11 is 0. The van der Waals surface area contributed by atoms with E-state index in [9.17, 15) is 44.1 Å². The number of aliphatic hydroxyl groups excluding tert-OH is 1. The lowest BCUT2D eigenvalue weighted by molar-refractivity contribution is -0.190. The number of primary amides is 1. The van der Waals surface area contributed by atoms with Crippen LogP contribution in [-0.4, -0.2) is 119 Å². The number of carbonyl (C=O) groups is 6. The quantitative estimate of drug-likeness (QED) is 0.219. The number of hydrogen-bond donors (Lipinski definition) is 4. The summed E-state index contributed by atoms with van der Waals surface area (Å²) in [5.41, 5.74) is 5.37. The summed E-state index contributed by atoms with van der Waals surface area (Å²) in [7, 11) is 4.58. The number of phenolic OH excluding ortho intramolecular Hbond substituents is 1. The molecule has 7 atom stereocenters. The maximum atomic E-state index is 14.1. The van der Waals surface area contributed by atoms with Crippen LogP contribution in [0.15, 0.2) is 36.4 Å². The van der Waals surface area contributed by atoms with Gasteiger partial charge < -0.3 is 30.7 Å². The SMILES string of the molecule is COC(=O)C1CCN(CC(=O)Cc2ccc(-c3ccc(O)c4c3C[C@@H]3C[C@@H]5C(N(C)C)C(O)C(C(N)=O)C(=O)[C@]5(O)C(=O)C3C4=O)cc2)CC1. The molecule has 1 saturated heterocycles. The number of aromatic hydroxyl groups is 1. The minimum absolute atomic E-state index is 0.0196. The van der Waals surface area contributed by atoms with E-state index in [2.05, 4.69) is 0 Å². The number of phenols is 1. The zero-order valence-corrected chi connectivity index (χ0v) is 28.3. The molecule has 0 radical (unpaired) electrons. The van der Waals surface area contributed by atoms with Crippen LogP contribution in [0.3, 0.4) is 0 Å². The maximum absolute atomic E-state index is 14.1. The highest BCUT2D eigenvalue weighted by atomic mass is 16.5. The van der Waals surface area contributed by atoms with E-state index in [4.69, 9.17) is 10.5 Å². The monoisotopic (exact) mass is 689 g/mol. The number of likely N-dealkylation sites (N-methyl/N-ethyl adjacent to an activating group) is 1. The molecule has 2 aromatic rings. The number of methoxy groups -OCH3 is 1. The number of rotatable bonds is 8. The average Bonchev–Trinajstić information content (AvgIpc) is 3.06. The van der Waals surface area contributed by atoms with Crippen LogP contribution in [0.4, 0.5) is 0 Å². The van der Waals surface area contributed by atoms with Gasteiger partial charge in [-0.3, -0.25) is 33.7 Å². The van der Waals surface area contributed by atoms with Crippen molar-refractivity contribution in [3.05, 3.63) is 53.1 Å². The first-order valence-corrected chi connectivity index (χ1v) is 16.9. The third-order valence-corrected chi connectivity index (χ3v) is 11.4. The molecule has 50 heavy (non-hydrogen) atoms. The van der Waals surface area contributed by atoms with Crippen molar-refractivity contribution >= 4 is 35.0 Å². The minimum atomic E-state index is -2.72. The van der Waals surface area contributed by atoms with Gasteiger partial charge in [-0.15, -0.1) is 0 Å². The van der Waals surface area contributed by atoms with E-state index in [1.54, 1.807) is 25.1 Å². The number of esters is 1. The first kappa shape index (κ1) is 35.5. The number of fused-ring (bicyclic) bond motifs is 3. The molecule has 266 valence electrons. The molecule has 1 aliphatic heterocycles. The maximum Gasteiger partial charge on any atom is 0.308 e. The third kappa shape index (κ3) is 5.85. The van der Waals surface area contributed by atoms with Crippen molar-refractivity contribution in [3.8, 4) is 16.9 Å². The van der Waals surface area contributed by atoms with E-state index >= 15 is 0 Å². The van der Waals surface area contributed by atoms with E-state index in [1.165, 1.54) is 13.2 Å². The van der Waals surface area contributed by atoms with Crippen molar-refractivity contribution in [1.82, 2.24) is 9.80 Å². The molecule has 13 heteroatoms. The highest BCUT2D eigenvalue weighted by Gasteiger charge is 2.69. The summed E-state index contributed by atoms with van der Waals surface area (Å²) in [6.07, 6.45) is 0.138. The Morgan fingerprint density at radius 1 is 1.02 bits per heavy atom. The van der Waals surface area contributed by atoms with Gasteiger partial charge in [0.05, 0.1) is 37.2 Å². The fourth-order valence-corrected chi connectivity index (χ4v) is 8.92. The molecule has 6 rings (SSSR count). The smallest absolute Gasteiger partial charge is 0.308 e. The lowest BCUT2D eigenvalue weighted by Crippen LogP contribution is -2.75. The second kappa shape index (κ2) is 13.4. The Hall–Kier alpha value is -4.30. The average molecular weight is 690 g/mol. The lowest BCUT2D eigenvalue weighted by Gasteiger charge is -2.54. The molecule has 1 heterocycles. The van der Waals surface area contributed by atoms with Gasteiger partial charge in [0.25, 0.3) is 0 Å². The molecule has 4 unspecified atom stereocenters. The topological polar surface area (TPSA) is 205 Å². The van der Waals surface area contributed by atoms with Gasteiger partial charge in [-0.25, -0.2) is 0 Å². The fraction of sp³-hybridized carbons (Fsp3) is 0.514. The Morgan fingerprint density at radius 3 is 2.28 bits per heavy atom. The molecule has 5 N–H and O–H groups in total. The Morgan fingerprint density at radius 2 is 1.68 bits per heavy atom. The summed E-state index contributed by atoms with van der Waals surface area (Å²) in [5, 5.41) is 33.8. The van der Waals surface area contributed by atoms with Crippen LogP contribution < -0.4 is 5.73 Å². The molecule has 0 spiro atoms. The van der Waals surface area contributed by atoms with Crippen LogP contribution in [-0.2, 0) is 41.6 Å². The van der Waals surface area contributed by atoms with Gasteiger partial charge in [0.15, 0.2) is 28.7 Å². The van der Waals surface area contributed by atoms with E-state index in [0.29, 0.717) is 37.1 Å². The van der Waals surface area contributed by atoms with Crippen LogP contribution in [0, 0.1) is 29.6 Å². The van der Waals surface area contributed by atoms with Crippen LogP contribution in [0.2, 0.25) is 0 Å². The van der Waals surface area contributed by atoms with Gasteiger partial charge in [-0.05, 0) is 87.1 Å². The molecule has 3 aliphatic carbocycles. The first-order valence-electron chi connectivity index (χ1n) is 16.9. The van der Waals surface area contributed by atoms with Crippen molar-refractivity contribution in [1.29, 1.82) is 0 Å². The number of amides is 1. The molecule has 1 amide bonds. The number of ether oxygens (including phenoxy) is 1. The highest BCUT2D eigenvalue weighted by Crippen LogP contribution is 2.52. The summed E-state index contributed by atoms with van der Waals surface area (Å²) < 4.78 is 4.84. The number of Topliss-reactive ketones (excluding diaryl/α,β-unsaturated/α-hetero) is 4. The van der Waals surface area contributed by atoms with Gasteiger partial charge in [0.2, 0.25) is 5.91 Å². The number of ketones is 4. The number of piperidine rings is 1. The highest BCUT2D eigenvalue weighted by molar-refractivity contribution is 6.25. The fourth-order valence-electron chi connectivity index (χ4n) is 8.92. The van der Waals surface area contributed by atoms with Gasteiger partial charge in [0.1, 0.15) is 11.7 Å². The molecular formula is C37H43N3O10. The Kier molecular flexibility index (Phi) is 9.55. The van der Waals surface area contributed by atoms with E-state index in [1.807, 2.05) is 29.2 Å². The Bertz CT molecular complexity index is 1750. The summed E-state index contributed by atoms with van der Waals surface area (Å²) in [4.78, 5) is 82.2. The van der Waals surface area contributed by atoms with Crippen molar-refractivity contribution in [2.24, 2.45) is 35.3 Å². The molecule has 3 fully saturated rings. The van der Waals surface area contributed by atoms with Crippen molar-refractivity contribution in [2.45, 2.75) is 49.9 Å². The van der Waals surface area contributed by atoms with Crippen molar-refractivity contribution < 1.29 is 48.8 Å². The molecular weight excluding hydrogens is 646 g/mol. The van der Waals surface area contributed by atoms with Crippen LogP contribution in [0.25, 0.3) is 11.1 Å². The predicted octanol–water partition coefficient (Wildman–Crippen LogP) is 0.322. The molecule has 13 nitrogen and oxygen atoms in total. The lowest BCUT2D eigenvalue weighted by atomic mass is 9.52. The largest absolute Gasteiger partial charge is 0.507 e. The van der Waals surface area contributed by atoms with Crippen molar-refractivity contribution in [2.75, 3.05) is 40.8 Å². The number of nitrogens with zero attached hydrogens (tertiary/aromatic N) is 2. The third-order valence-electron chi connectivity index (χ3n) is 11.4. The molecule has 0 bridgehead atoms. The van der Waals surface area contributed by atoms with E-state index in [-0.39, 0.29) is 54.8 Å². The Labute approximate surface area is 289 Å². The molecule has 2 aromatic carbocycles. The molecule has 0 aromatic heterocycles. The molecule has 2 saturated carbocycles. The van der Waals surface area contributed by atoms with E-state index < -0.39 is 64.7 Å². The second-order valence-corrected chi connectivity index (χ2v) is 14.4. The normalized spacial score (nSPS) is 30.0. The first-order chi connectivity index (χ1) is 23.7. The second-order valence-electron chi connectivity index (χ2n) is 14.4.